The molecule has 0 saturated heterocycles. The van der Waals surface area contributed by atoms with Crippen molar-refractivity contribution < 1.29 is 0 Å². The first kappa shape index (κ1) is 11.1. The third kappa shape index (κ3) is 3.83. The van der Waals surface area contributed by atoms with Gasteiger partial charge in [-0.25, -0.2) is 4.98 Å². The third-order valence-electron chi connectivity index (χ3n) is 1.78. The summed E-state index contributed by atoms with van der Waals surface area (Å²) in [6, 6.07) is 0. The van der Waals surface area contributed by atoms with Crippen LogP contribution in [0.3, 0.4) is 0 Å². The highest BCUT2D eigenvalue weighted by molar-refractivity contribution is 7.98. The second kappa shape index (κ2) is 6.48. The highest BCUT2D eigenvalue weighted by Crippen LogP contribution is 2.11. The molecule has 78 valence electrons. The maximum absolute atomic E-state index is 4.23. The van der Waals surface area contributed by atoms with Gasteiger partial charge in [0, 0.05) is 30.8 Å². The predicted octanol–water partition coefficient (Wildman–Crippen LogP) is 1.20. The summed E-state index contributed by atoms with van der Waals surface area (Å²) in [7, 11) is 1.76. The number of imidazole rings is 1. The number of nitrogens with zero attached hydrogens (tertiary/aromatic N) is 2. The van der Waals surface area contributed by atoms with E-state index in [4.69, 9.17) is 0 Å². The summed E-state index contributed by atoms with van der Waals surface area (Å²) in [4.78, 5) is 11.1. The lowest BCUT2D eigenvalue weighted by Crippen LogP contribution is -2.14. The lowest BCUT2D eigenvalue weighted by atomic mass is 10.4. The van der Waals surface area contributed by atoms with Crippen LogP contribution in [0.25, 0.3) is 0 Å². The fraction of sp³-hybridized carbons (Fsp3) is 0.556. The van der Waals surface area contributed by atoms with Crippen molar-refractivity contribution in [3.8, 4) is 0 Å². The minimum Gasteiger partial charge on any atom is -0.376 e. The number of aromatic amines is 1. The van der Waals surface area contributed by atoms with Gasteiger partial charge < -0.3 is 10.3 Å². The Bertz CT molecular complexity index is 282. The molecule has 0 atom stereocenters. The summed E-state index contributed by atoms with van der Waals surface area (Å²) in [6.07, 6.45) is 3.47. The maximum atomic E-state index is 4.23. The standard InChI is InChI=1S/C9H16N4S/c1-8-9(13-7-12-8)5-14-4-3-11-6-10-2/h6-7H,3-5H2,1-2H3,(H,10,11)(H,12,13). The molecule has 0 radical (unpaired) electrons. The van der Waals surface area contributed by atoms with Crippen LogP contribution in [-0.4, -0.2) is 35.7 Å². The van der Waals surface area contributed by atoms with Crippen molar-refractivity contribution in [2.24, 2.45) is 4.99 Å². The van der Waals surface area contributed by atoms with E-state index in [-0.39, 0.29) is 0 Å². The summed E-state index contributed by atoms with van der Waals surface area (Å²) in [5.74, 6) is 2.04. The Morgan fingerprint density at radius 2 is 2.57 bits per heavy atom. The Kier molecular flexibility index (Phi) is 5.14. The van der Waals surface area contributed by atoms with Crippen LogP contribution in [0.2, 0.25) is 0 Å². The zero-order valence-electron chi connectivity index (χ0n) is 8.58. The molecule has 1 rings (SSSR count). The molecule has 0 aliphatic rings. The van der Waals surface area contributed by atoms with Crippen LogP contribution in [0.1, 0.15) is 11.4 Å². The van der Waals surface area contributed by atoms with E-state index in [0.717, 1.165) is 23.7 Å². The zero-order chi connectivity index (χ0) is 10.2. The van der Waals surface area contributed by atoms with Gasteiger partial charge in [-0.15, -0.1) is 0 Å². The van der Waals surface area contributed by atoms with E-state index in [1.54, 1.807) is 19.7 Å². The van der Waals surface area contributed by atoms with Crippen LogP contribution < -0.4 is 5.32 Å². The molecule has 0 saturated carbocycles. The number of hydrogen-bond acceptors (Lipinski definition) is 3. The molecule has 0 aliphatic heterocycles. The highest BCUT2D eigenvalue weighted by atomic mass is 32.2. The van der Waals surface area contributed by atoms with Gasteiger partial charge in [-0.05, 0) is 6.92 Å². The van der Waals surface area contributed by atoms with E-state index >= 15 is 0 Å². The average Bonchev–Trinajstić information content (AvgIpc) is 2.58. The molecule has 0 bridgehead atoms. The lowest BCUT2D eigenvalue weighted by Gasteiger charge is -2.00. The molecule has 4 nitrogen and oxygen atoms in total. The molecule has 14 heavy (non-hydrogen) atoms. The van der Waals surface area contributed by atoms with Gasteiger partial charge in [0.25, 0.3) is 0 Å². The van der Waals surface area contributed by atoms with Crippen LogP contribution in [-0.2, 0) is 5.75 Å². The van der Waals surface area contributed by atoms with Crippen LogP contribution in [0.15, 0.2) is 11.3 Å². The number of hydrogen-bond donors (Lipinski definition) is 2. The fourth-order valence-electron chi connectivity index (χ4n) is 0.988. The molecule has 5 heteroatoms. The van der Waals surface area contributed by atoms with Gasteiger partial charge in [-0.1, -0.05) is 0 Å². The molecule has 0 spiro atoms. The lowest BCUT2D eigenvalue weighted by molar-refractivity contribution is 0.993. The minimum atomic E-state index is 0.950. The number of nitrogens with one attached hydrogen (secondary N) is 2. The van der Waals surface area contributed by atoms with E-state index in [9.17, 15) is 0 Å². The molecule has 0 aromatic carbocycles. The minimum absolute atomic E-state index is 0.950. The monoisotopic (exact) mass is 212 g/mol. The Morgan fingerprint density at radius 1 is 1.71 bits per heavy atom. The third-order valence-corrected chi connectivity index (χ3v) is 2.75. The highest BCUT2D eigenvalue weighted by Gasteiger charge is 1.99. The molecule has 0 unspecified atom stereocenters. The van der Waals surface area contributed by atoms with Gasteiger partial charge in [0.15, 0.2) is 0 Å². The van der Waals surface area contributed by atoms with E-state index in [2.05, 4.69) is 20.3 Å². The fourth-order valence-corrected chi connectivity index (χ4v) is 1.88. The Labute approximate surface area is 88.6 Å². The summed E-state index contributed by atoms with van der Waals surface area (Å²) >= 11 is 1.87. The van der Waals surface area contributed by atoms with E-state index in [1.165, 1.54) is 5.69 Å². The number of aryl methyl sites for hydroxylation is 1. The second-order valence-corrected chi connectivity index (χ2v) is 3.97. The number of H-pyrrole nitrogens is 1. The molecule has 0 amide bonds. The number of aromatic nitrogens is 2. The van der Waals surface area contributed by atoms with Crippen molar-refractivity contribution in [2.45, 2.75) is 12.7 Å². The van der Waals surface area contributed by atoms with Crippen molar-refractivity contribution in [1.82, 2.24) is 15.3 Å². The first-order chi connectivity index (χ1) is 6.84. The average molecular weight is 212 g/mol. The largest absolute Gasteiger partial charge is 0.376 e. The van der Waals surface area contributed by atoms with Gasteiger partial charge in [-0.2, -0.15) is 11.8 Å². The maximum Gasteiger partial charge on any atom is 0.0925 e. The normalized spacial score (nSPS) is 11.0. The van der Waals surface area contributed by atoms with Crippen molar-refractivity contribution in [2.75, 3.05) is 19.3 Å². The molecule has 1 aromatic heterocycles. The Hall–Kier alpha value is -0.970. The van der Waals surface area contributed by atoms with Crippen molar-refractivity contribution in [3.05, 3.63) is 17.7 Å². The topological polar surface area (TPSA) is 53.1 Å². The predicted molar refractivity (Wildman–Crippen MR) is 61.9 cm³/mol. The van der Waals surface area contributed by atoms with Crippen molar-refractivity contribution in [3.63, 3.8) is 0 Å². The van der Waals surface area contributed by atoms with Crippen LogP contribution in [0.4, 0.5) is 0 Å². The van der Waals surface area contributed by atoms with E-state index in [1.807, 2.05) is 18.7 Å². The smallest absolute Gasteiger partial charge is 0.0925 e. The molecular formula is C9H16N4S. The molecule has 1 heterocycles. The van der Waals surface area contributed by atoms with Gasteiger partial charge in [0.2, 0.25) is 0 Å². The van der Waals surface area contributed by atoms with Gasteiger partial charge in [0.05, 0.1) is 18.4 Å². The van der Waals surface area contributed by atoms with E-state index in [0.29, 0.717) is 0 Å². The van der Waals surface area contributed by atoms with Crippen molar-refractivity contribution >= 4 is 18.1 Å². The summed E-state index contributed by atoms with van der Waals surface area (Å²) in [5.41, 5.74) is 2.32. The van der Waals surface area contributed by atoms with Crippen LogP contribution in [0, 0.1) is 6.92 Å². The summed E-state index contributed by atoms with van der Waals surface area (Å²) in [5, 5.41) is 3.09. The van der Waals surface area contributed by atoms with E-state index < -0.39 is 0 Å². The number of thioether (sulfide) groups is 1. The van der Waals surface area contributed by atoms with Crippen LogP contribution >= 0.6 is 11.8 Å². The first-order valence-electron chi connectivity index (χ1n) is 4.55. The zero-order valence-corrected chi connectivity index (χ0v) is 9.40. The summed E-state index contributed by atoms with van der Waals surface area (Å²) in [6.45, 7) is 3.00. The molecule has 0 fully saturated rings. The Morgan fingerprint density at radius 3 is 3.21 bits per heavy atom. The van der Waals surface area contributed by atoms with Crippen LogP contribution in [0.5, 0.6) is 0 Å². The van der Waals surface area contributed by atoms with Gasteiger partial charge in [-0.3, -0.25) is 4.99 Å². The van der Waals surface area contributed by atoms with Gasteiger partial charge in [0.1, 0.15) is 0 Å². The quantitative estimate of drug-likeness (QED) is 0.423. The number of rotatable bonds is 6. The molecule has 2 N–H and O–H groups in total. The van der Waals surface area contributed by atoms with Crippen molar-refractivity contribution in [1.29, 1.82) is 0 Å². The van der Waals surface area contributed by atoms with Gasteiger partial charge >= 0.3 is 0 Å². The first-order valence-corrected chi connectivity index (χ1v) is 5.70. The Balaban J connectivity index is 2.07. The molecular weight excluding hydrogens is 196 g/mol. The molecule has 1 aromatic rings. The SMILES string of the molecule is CN=CNCCSCc1nc[nH]c1C. The second-order valence-electron chi connectivity index (χ2n) is 2.87. The molecule has 0 aliphatic carbocycles. The summed E-state index contributed by atoms with van der Waals surface area (Å²) < 4.78 is 0. The number of aliphatic imine (C=N–C) groups is 1.